The fourth-order valence-electron chi connectivity index (χ4n) is 1.95. The quantitative estimate of drug-likeness (QED) is 0.533. The van der Waals surface area contributed by atoms with Gasteiger partial charge in [-0.15, -0.1) is 0 Å². The highest BCUT2D eigenvalue weighted by Crippen LogP contribution is 2.19. The molecule has 0 aliphatic rings. The third-order valence-corrected chi connectivity index (χ3v) is 3.20. The van der Waals surface area contributed by atoms with Crippen LogP contribution in [0.1, 0.15) is 26.3 Å². The lowest BCUT2D eigenvalue weighted by atomic mass is 10.1. The Labute approximate surface area is 157 Å². The Bertz CT molecular complexity index is 813. The zero-order valence-electron chi connectivity index (χ0n) is 14.7. The lowest BCUT2D eigenvalue weighted by molar-refractivity contribution is 0.0552. The third-order valence-electron chi connectivity index (χ3n) is 3.02. The van der Waals surface area contributed by atoms with E-state index in [1.165, 1.54) is 6.20 Å². The van der Waals surface area contributed by atoms with E-state index < -0.39 is 11.7 Å². The normalized spacial score (nSPS) is 11.6. The molecule has 0 aliphatic carbocycles. The van der Waals surface area contributed by atoms with Gasteiger partial charge >= 0.3 is 6.09 Å². The number of carbonyl (C=O) groups excluding carboxylic acids is 1. The molecule has 0 saturated heterocycles. The number of hydrogen-bond acceptors (Lipinski definition) is 6. The van der Waals surface area contributed by atoms with Gasteiger partial charge in [0.05, 0.1) is 0 Å². The fourth-order valence-corrected chi connectivity index (χ4v) is 2.10. The van der Waals surface area contributed by atoms with Gasteiger partial charge in [-0.1, -0.05) is 12.1 Å². The minimum Gasteiger partial charge on any atom is -0.444 e. The van der Waals surface area contributed by atoms with Crippen molar-refractivity contribution in [2.75, 3.05) is 5.32 Å². The van der Waals surface area contributed by atoms with E-state index >= 15 is 0 Å². The number of carbonyl (C=O) groups is 1. The van der Waals surface area contributed by atoms with Crippen molar-refractivity contribution >= 4 is 41.0 Å². The molecule has 0 atom stereocenters. The van der Waals surface area contributed by atoms with Crippen LogP contribution in [0.2, 0.25) is 5.28 Å². The van der Waals surface area contributed by atoms with Crippen LogP contribution in [0, 0.1) is 5.41 Å². The number of amides is 1. The molecule has 3 N–H and O–H groups in total. The Morgan fingerprint density at radius 1 is 1.23 bits per heavy atom. The number of nitrogens with one attached hydrogen (secondary N) is 3. The predicted molar refractivity (Wildman–Crippen MR) is 103 cm³/mol. The summed E-state index contributed by atoms with van der Waals surface area (Å²) in [6.45, 7) is 5.35. The molecule has 7 nitrogen and oxygen atoms in total. The van der Waals surface area contributed by atoms with E-state index in [4.69, 9.17) is 21.7 Å². The summed E-state index contributed by atoms with van der Waals surface area (Å²) in [6, 6.07) is 9.00. The Hall–Kier alpha value is -2.93. The van der Waals surface area contributed by atoms with Crippen LogP contribution >= 0.6 is 11.6 Å². The number of halogens is 1. The van der Waals surface area contributed by atoms with Crippen molar-refractivity contribution < 1.29 is 9.53 Å². The molecule has 0 aliphatic heterocycles. The minimum atomic E-state index is -0.583. The topological polar surface area (TPSA) is 100.0 Å². The highest BCUT2D eigenvalue weighted by Gasteiger charge is 2.15. The summed E-state index contributed by atoms with van der Waals surface area (Å²) < 4.78 is 5.16. The van der Waals surface area contributed by atoms with Gasteiger partial charge in [-0.25, -0.2) is 14.8 Å². The van der Waals surface area contributed by atoms with Crippen LogP contribution in [0.5, 0.6) is 0 Å². The number of ether oxygens (including phenoxy) is 1. The highest BCUT2D eigenvalue weighted by atomic mass is 35.5. The van der Waals surface area contributed by atoms with Crippen molar-refractivity contribution in [2.45, 2.75) is 26.4 Å². The Kier molecular flexibility index (Phi) is 6.30. The molecule has 2 aromatic rings. The Morgan fingerprint density at radius 3 is 2.50 bits per heavy atom. The largest absolute Gasteiger partial charge is 0.444 e. The third kappa shape index (κ3) is 6.18. The highest BCUT2D eigenvalue weighted by molar-refractivity contribution is 6.28. The maximum absolute atomic E-state index is 11.7. The number of anilines is 2. The predicted octanol–water partition coefficient (Wildman–Crippen LogP) is 4.39. The first-order chi connectivity index (χ1) is 12.3. The molecule has 2 rings (SSSR count). The molecule has 1 aromatic carbocycles. The summed E-state index contributed by atoms with van der Waals surface area (Å²) in [6.07, 6.45) is 3.58. The molecule has 26 heavy (non-hydrogen) atoms. The molecule has 8 heteroatoms. The molecule has 1 amide bonds. The summed E-state index contributed by atoms with van der Waals surface area (Å²) in [7, 11) is 0. The molecule has 0 radical (unpaired) electrons. The summed E-state index contributed by atoms with van der Waals surface area (Å²) in [5, 5.41) is 13.3. The zero-order chi connectivity index (χ0) is 19.2. The second-order valence-electron chi connectivity index (χ2n) is 6.30. The van der Waals surface area contributed by atoms with Crippen LogP contribution in [0.3, 0.4) is 0 Å². The van der Waals surface area contributed by atoms with Gasteiger partial charge in [-0.3, -0.25) is 5.32 Å². The van der Waals surface area contributed by atoms with Crippen LogP contribution in [0.25, 0.3) is 5.57 Å². The van der Waals surface area contributed by atoms with E-state index in [1.807, 2.05) is 24.3 Å². The lowest BCUT2D eigenvalue weighted by Gasteiger charge is -2.19. The number of aromatic nitrogens is 2. The maximum atomic E-state index is 11.7. The van der Waals surface area contributed by atoms with Gasteiger partial charge in [-0.2, -0.15) is 0 Å². The smallest absolute Gasteiger partial charge is 0.411 e. The molecule has 0 spiro atoms. The molecule has 0 unspecified atom stereocenters. The number of hydrogen-bond donors (Lipinski definition) is 3. The monoisotopic (exact) mass is 373 g/mol. The standard InChI is InChI=1S/C18H20ClN5O2/c1-18(2,3)26-17(25)22-11-13(10-20)12-4-6-14(7-5-12)23-15-8-9-21-16(19)24-15/h4-11,20H,1-3H3,(H,22,25)(H,21,23,24)/b13-11+,20-10?. The molecule has 0 fully saturated rings. The van der Waals surface area contributed by atoms with Gasteiger partial charge in [-0.05, 0) is 56.1 Å². The van der Waals surface area contributed by atoms with Crippen molar-refractivity contribution in [3.63, 3.8) is 0 Å². The SMILES string of the molecule is CC(C)(C)OC(=O)N/C=C(\C=N)c1ccc(Nc2ccnc(Cl)n2)cc1. The number of nitrogens with zero attached hydrogens (tertiary/aromatic N) is 2. The van der Waals surface area contributed by atoms with Crippen molar-refractivity contribution in [1.29, 1.82) is 5.41 Å². The summed E-state index contributed by atoms with van der Waals surface area (Å²) in [5.74, 6) is 0.576. The van der Waals surface area contributed by atoms with Gasteiger partial charge in [0.2, 0.25) is 5.28 Å². The van der Waals surface area contributed by atoms with E-state index in [2.05, 4.69) is 20.6 Å². The fraction of sp³-hybridized carbons (Fsp3) is 0.222. The summed E-state index contributed by atoms with van der Waals surface area (Å²) >= 11 is 5.76. The average Bonchev–Trinajstić information content (AvgIpc) is 2.55. The molecule has 0 bridgehead atoms. The first kappa shape index (κ1) is 19.4. The van der Waals surface area contributed by atoms with Crippen LogP contribution in [0.4, 0.5) is 16.3 Å². The Morgan fingerprint density at radius 2 is 1.92 bits per heavy atom. The molecule has 1 heterocycles. The van der Waals surface area contributed by atoms with Gasteiger partial charge < -0.3 is 15.5 Å². The van der Waals surface area contributed by atoms with Gasteiger partial charge in [0.15, 0.2) is 0 Å². The van der Waals surface area contributed by atoms with E-state index in [-0.39, 0.29) is 5.28 Å². The van der Waals surface area contributed by atoms with Gasteiger partial charge in [0.25, 0.3) is 0 Å². The average molecular weight is 374 g/mol. The summed E-state index contributed by atoms with van der Waals surface area (Å²) in [5.41, 5.74) is 1.52. The van der Waals surface area contributed by atoms with Crippen molar-refractivity contribution in [3.8, 4) is 0 Å². The maximum Gasteiger partial charge on any atom is 0.411 e. The number of alkyl carbamates (subject to hydrolysis) is 1. The van der Waals surface area contributed by atoms with E-state index in [0.717, 1.165) is 17.5 Å². The number of rotatable bonds is 5. The van der Waals surface area contributed by atoms with Crippen molar-refractivity contribution in [2.24, 2.45) is 0 Å². The lowest BCUT2D eigenvalue weighted by Crippen LogP contribution is -2.29. The molecule has 0 saturated carbocycles. The van der Waals surface area contributed by atoms with Crippen LogP contribution < -0.4 is 10.6 Å². The van der Waals surface area contributed by atoms with Crippen LogP contribution in [0.15, 0.2) is 42.7 Å². The van der Waals surface area contributed by atoms with Gasteiger partial charge in [0.1, 0.15) is 11.4 Å². The zero-order valence-corrected chi connectivity index (χ0v) is 15.5. The first-order valence-corrected chi connectivity index (χ1v) is 8.21. The minimum absolute atomic E-state index is 0.161. The van der Waals surface area contributed by atoms with E-state index in [1.54, 1.807) is 33.0 Å². The van der Waals surface area contributed by atoms with Crippen LogP contribution in [-0.4, -0.2) is 27.9 Å². The molecular weight excluding hydrogens is 354 g/mol. The van der Waals surface area contributed by atoms with E-state index in [0.29, 0.717) is 11.4 Å². The molecular formula is C18H20ClN5O2. The summed E-state index contributed by atoms with van der Waals surface area (Å²) in [4.78, 5) is 19.6. The van der Waals surface area contributed by atoms with E-state index in [9.17, 15) is 4.79 Å². The first-order valence-electron chi connectivity index (χ1n) is 7.83. The number of benzene rings is 1. The number of allylic oxidation sites excluding steroid dienone is 1. The second-order valence-corrected chi connectivity index (χ2v) is 6.64. The van der Waals surface area contributed by atoms with Crippen molar-refractivity contribution in [1.82, 2.24) is 15.3 Å². The molecule has 136 valence electrons. The molecule has 1 aromatic heterocycles. The van der Waals surface area contributed by atoms with Crippen molar-refractivity contribution in [3.05, 3.63) is 53.6 Å². The van der Waals surface area contributed by atoms with Gasteiger partial charge in [0, 0.05) is 29.9 Å². The second kappa shape index (κ2) is 8.44. The Balaban J connectivity index is 2.06. The van der Waals surface area contributed by atoms with Crippen LogP contribution in [-0.2, 0) is 4.74 Å².